The number of para-hydroxylation sites is 1. The summed E-state index contributed by atoms with van der Waals surface area (Å²) in [6, 6.07) is 13.5. The summed E-state index contributed by atoms with van der Waals surface area (Å²) < 4.78 is 0. The fourth-order valence-corrected chi connectivity index (χ4v) is 2.76. The Kier molecular flexibility index (Phi) is 8.10. The summed E-state index contributed by atoms with van der Waals surface area (Å²) in [6.45, 7) is 7.44. The van der Waals surface area contributed by atoms with Crippen LogP contribution in [0.5, 0.6) is 0 Å². The Balaban J connectivity index is 1.90. The molecule has 0 atom stereocenters. The van der Waals surface area contributed by atoms with Crippen LogP contribution >= 0.6 is 11.6 Å². The van der Waals surface area contributed by atoms with Gasteiger partial charge in [-0.05, 0) is 43.4 Å². The first-order valence-electron chi connectivity index (χ1n) is 8.96. The molecule has 2 aromatic rings. The van der Waals surface area contributed by atoms with Crippen molar-refractivity contribution in [2.45, 2.75) is 13.8 Å². The normalized spacial score (nSPS) is 10.5. The zero-order chi connectivity index (χ0) is 19.6. The molecule has 0 spiro atoms. The first-order valence-corrected chi connectivity index (χ1v) is 9.34. The monoisotopic (exact) mass is 388 g/mol. The average molecular weight is 389 g/mol. The number of urea groups is 1. The number of nitrogens with zero attached hydrogens (tertiary/aromatic N) is 1. The summed E-state index contributed by atoms with van der Waals surface area (Å²) in [5, 5.41) is 8.57. The molecular weight excluding hydrogens is 364 g/mol. The van der Waals surface area contributed by atoms with Crippen molar-refractivity contribution in [1.82, 2.24) is 10.2 Å². The molecule has 0 aliphatic rings. The molecule has 0 heterocycles. The zero-order valence-corrected chi connectivity index (χ0v) is 16.3. The van der Waals surface area contributed by atoms with Crippen LogP contribution in [0.1, 0.15) is 24.2 Å². The number of benzene rings is 2. The van der Waals surface area contributed by atoms with Gasteiger partial charge in [-0.1, -0.05) is 43.6 Å². The van der Waals surface area contributed by atoms with E-state index in [1.54, 1.807) is 30.3 Å². The molecule has 27 heavy (non-hydrogen) atoms. The summed E-state index contributed by atoms with van der Waals surface area (Å²) in [7, 11) is 0. The van der Waals surface area contributed by atoms with Crippen LogP contribution in [0.4, 0.5) is 16.2 Å². The number of likely N-dealkylation sites (N-methyl/N-ethyl adjacent to an activating group) is 1. The van der Waals surface area contributed by atoms with E-state index in [0.29, 0.717) is 28.5 Å². The maximum Gasteiger partial charge on any atom is 0.323 e. The van der Waals surface area contributed by atoms with Gasteiger partial charge in [-0.15, -0.1) is 0 Å². The topological polar surface area (TPSA) is 73.5 Å². The molecule has 3 amide bonds. The summed E-state index contributed by atoms with van der Waals surface area (Å²) in [6.07, 6.45) is 0. The molecule has 0 unspecified atom stereocenters. The summed E-state index contributed by atoms with van der Waals surface area (Å²) in [4.78, 5) is 26.5. The van der Waals surface area contributed by atoms with Gasteiger partial charge in [-0.25, -0.2) is 4.79 Å². The SMILES string of the molecule is CCN(CC)CCNC(=O)c1ccc(NC(=O)Nc2ccccc2)c(Cl)c1. The van der Waals surface area contributed by atoms with Gasteiger partial charge >= 0.3 is 6.03 Å². The maximum absolute atomic E-state index is 12.2. The smallest absolute Gasteiger partial charge is 0.323 e. The molecule has 0 aliphatic heterocycles. The van der Waals surface area contributed by atoms with Crippen LogP contribution in [0, 0.1) is 0 Å². The third kappa shape index (κ3) is 6.58. The Morgan fingerprint density at radius 2 is 1.70 bits per heavy atom. The van der Waals surface area contributed by atoms with E-state index in [0.717, 1.165) is 19.6 Å². The summed E-state index contributed by atoms with van der Waals surface area (Å²) in [5.74, 6) is -0.190. The van der Waals surface area contributed by atoms with Crippen LogP contribution in [0.2, 0.25) is 5.02 Å². The second-order valence-electron chi connectivity index (χ2n) is 5.92. The molecule has 2 rings (SSSR count). The first kappa shape index (κ1) is 20.7. The van der Waals surface area contributed by atoms with E-state index < -0.39 is 6.03 Å². The number of rotatable bonds is 8. The van der Waals surface area contributed by atoms with Gasteiger partial charge in [0, 0.05) is 24.3 Å². The van der Waals surface area contributed by atoms with Crippen LogP contribution < -0.4 is 16.0 Å². The fraction of sp³-hybridized carbons (Fsp3) is 0.300. The molecule has 0 fully saturated rings. The molecule has 0 bridgehead atoms. The van der Waals surface area contributed by atoms with Crippen molar-refractivity contribution in [2.75, 3.05) is 36.8 Å². The van der Waals surface area contributed by atoms with Gasteiger partial charge in [-0.3, -0.25) is 4.79 Å². The van der Waals surface area contributed by atoms with Crippen molar-refractivity contribution < 1.29 is 9.59 Å². The highest BCUT2D eigenvalue weighted by Crippen LogP contribution is 2.23. The molecule has 0 radical (unpaired) electrons. The van der Waals surface area contributed by atoms with Gasteiger partial charge in [0.1, 0.15) is 0 Å². The quantitative estimate of drug-likeness (QED) is 0.638. The number of nitrogens with one attached hydrogen (secondary N) is 3. The van der Waals surface area contributed by atoms with Crippen LogP contribution in [-0.4, -0.2) is 43.0 Å². The largest absolute Gasteiger partial charge is 0.351 e. The fourth-order valence-electron chi connectivity index (χ4n) is 2.53. The van der Waals surface area contributed by atoms with Crippen molar-refractivity contribution >= 4 is 34.9 Å². The van der Waals surface area contributed by atoms with E-state index in [-0.39, 0.29) is 5.91 Å². The number of hydrogen-bond acceptors (Lipinski definition) is 3. The zero-order valence-electron chi connectivity index (χ0n) is 15.6. The third-order valence-corrected chi connectivity index (χ3v) is 4.43. The van der Waals surface area contributed by atoms with Crippen molar-refractivity contribution in [3.63, 3.8) is 0 Å². The second kappa shape index (κ2) is 10.5. The van der Waals surface area contributed by atoms with Gasteiger partial charge in [0.2, 0.25) is 0 Å². The highest BCUT2D eigenvalue weighted by Gasteiger charge is 2.11. The maximum atomic E-state index is 12.2. The third-order valence-electron chi connectivity index (χ3n) is 4.12. The van der Waals surface area contributed by atoms with Gasteiger partial charge in [0.25, 0.3) is 5.91 Å². The summed E-state index contributed by atoms with van der Waals surface area (Å²) in [5.41, 5.74) is 1.56. The molecule has 6 nitrogen and oxygen atoms in total. The van der Waals surface area contributed by atoms with Crippen LogP contribution in [0.15, 0.2) is 48.5 Å². The number of hydrogen-bond donors (Lipinski definition) is 3. The van der Waals surface area contributed by atoms with Gasteiger partial charge < -0.3 is 20.9 Å². The number of carbonyl (C=O) groups excluding carboxylic acids is 2. The molecule has 0 aliphatic carbocycles. The van der Waals surface area contributed by atoms with E-state index in [9.17, 15) is 9.59 Å². The van der Waals surface area contributed by atoms with Gasteiger partial charge in [0.05, 0.1) is 10.7 Å². The molecule has 2 aromatic carbocycles. The number of halogens is 1. The predicted octanol–water partition coefficient (Wildman–Crippen LogP) is 4.06. The number of amides is 3. The van der Waals surface area contributed by atoms with E-state index in [2.05, 4.69) is 34.7 Å². The lowest BCUT2D eigenvalue weighted by Crippen LogP contribution is -2.34. The van der Waals surface area contributed by atoms with E-state index in [4.69, 9.17) is 11.6 Å². The highest BCUT2D eigenvalue weighted by molar-refractivity contribution is 6.34. The van der Waals surface area contributed by atoms with Crippen molar-refractivity contribution in [3.05, 3.63) is 59.1 Å². The van der Waals surface area contributed by atoms with Gasteiger partial charge in [0.15, 0.2) is 0 Å². The minimum Gasteiger partial charge on any atom is -0.351 e. The Hall–Kier alpha value is -2.57. The second-order valence-corrected chi connectivity index (χ2v) is 6.33. The van der Waals surface area contributed by atoms with Gasteiger partial charge in [-0.2, -0.15) is 0 Å². The molecule has 144 valence electrons. The molecular formula is C20H25ClN4O2. The van der Waals surface area contributed by atoms with Crippen LogP contribution in [-0.2, 0) is 0 Å². The summed E-state index contributed by atoms with van der Waals surface area (Å²) >= 11 is 6.22. The molecule has 0 aromatic heterocycles. The van der Waals surface area contributed by atoms with E-state index in [1.165, 1.54) is 0 Å². The number of anilines is 2. The Labute approximate surface area is 164 Å². The Morgan fingerprint density at radius 1 is 1.00 bits per heavy atom. The van der Waals surface area contributed by atoms with Crippen molar-refractivity contribution in [3.8, 4) is 0 Å². The lowest BCUT2D eigenvalue weighted by molar-refractivity contribution is 0.0949. The van der Waals surface area contributed by atoms with Crippen LogP contribution in [0.3, 0.4) is 0 Å². The van der Waals surface area contributed by atoms with E-state index >= 15 is 0 Å². The minimum absolute atomic E-state index is 0.190. The standard InChI is InChI=1S/C20H25ClN4O2/c1-3-25(4-2)13-12-22-19(26)15-10-11-18(17(21)14-15)24-20(27)23-16-8-6-5-7-9-16/h5-11,14H,3-4,12-13H2,1-2H3,(H,22,26)(H2,23,24,27). The van der Waals surface area contributed by atoms with Crippen molar-refractivity contribution in [1.29, 1.82) is 0 Å². The molecule has 0 saturated heterocycles. The first-order chi connectivity index (χ1) is 13.0. The Bertz CT molecular complexity index is 764. The number of carbonyl (C=O) groups is 2. The predicted molar refractivity (Wildman–Crippen MR) is 111 cm³/mol. The average Bonchev–Trinajstić information content (AvgIpc) is 2.67. The minimum atomic E-state index is -0.403. The van der Waals surface area contributed by atoms with E-state index in [1.807, 2.05) is 18.2 Å². The molecule has 7 heteroatoms. The lowest BCUT2D eigenvalue weighted by atomic mass is 10.2. The molecule has 3 N–H and O–H groups in total. The van der Waals surface area contributed by atoms with Crippen LogP contribution in [0.25, 0.3) is 0 Å². The molecule has 0 saturated carbocycles. The highest BCUT2D eigenvalue weighted by atomic mass is 35.5. The Morgan fingerprint density at radius 3 is 2.33 bits per heavy atom. The lowest BCUT2D eigenvalue weighted by Gasteiger charge is -2.18. The van der Waals surface area contributed by atoms with Crippen molar-refractivity contribution in [2.24, 2.45) is 0 Å².